The number of carbonyl (C=O) groups excluding carboxylic acids is 2. The van der Waals surface area contributed by atoms with Gasteiger partial charge in [0.2, 0.25) is 11.8 Å². The van der Waals surface area contributed by atoms with Crippen LogP contribution in [0.4, 0.5) is 0 Å². The summed E-state index contributed by atoms with van der Waals surface area (Å²) in [6.07, 6.45) is 0. The maximum Gasteiger partial charge on any atom is 0.242 e. The lowest BCUT2D eigenvalue weighted by atomic mass is 10.1. The Kier molecular flexibility index (Phi) is 7.75. The summed E-state index contributed by atoms with van der Waals surface area (Å²) < 4.78 is 5.16. The zero-order chi connectivity index (χ0) is 18.3. The van der Waals surface area contributed by atoms with Crippen molar-refractivity contribution in [3.05, 3.63) is 29.8 Å². The molecule has 0 fully saturated rings. The van der Waals surface area contributed by atoms with Crippen LogP contribution in [0.2, 0.25) is 0 Å². The van der Waals surface area contributed by atoms with E-state index in [0.29, 0.717) is 19.0 Å². The van der Waals surface area contributed by atoms with Crippen molar-refractivity contribution in [1.29, 1.82) is 0 Å². The molecule has 0 spiro atoms. The standard InChI is InChI=1S/C19H30N2O3/c1-13(2)11-20-18(22)15(5)21(19(23)14(3)4)12-16-7-9-17(24-6)10-8-16/h7-10,13-15H,11-12H2,1-6H3,(H,20,22)/t15-/m0/s1. The Morgan fingerprint density at radius 2 is 1.67 bits per heavy atom. The summed E-state index contributed by atoms with van der Waals surface area (Å²) in [7, 11) is 1.62. The van der Waals surface area contributed by atoms with Crippen molar-refractivity contribution in [2.45, 2.75) is 47.2 Å². The van der Waals surface area contributed by atoms with Crippen molar-refractivity contribution in [3.63, 3.8) is 0 Å². The van der Waals surface area contributed by atoms with Gasteiger partial charge in [-0.25, -0.2) is 0 Å². The molecule has 24 heavy (non-hydrogen) atoms. The summed E-state index contributed by atoms with van der Waals surface area (Å²) in [4.78, 5) is 26.6. The Labute approximate surface area is 145 Å². The summed E-state index contributed by atoms with van der Waals surface area (Å²) in [5.41, 5.74) is 0.966. The highest BCUT2D eigenvalue weighted by Gasteiger charge is 2.27. The molecule has 134 valence electrons. The summed E-state index contributed by atoms with van der Waals surface area (Å²) in [6, 6.07) is 7.03. The van der Waals surface area contributed by atoms with E-state index in [0.717, 1.165) is 11.3 Å². The van der Waals surface area contributed by atoms with E-state index in [1.807, 2.05) is 52.0 Å². The number of methoxy groups -OCH3 is 1. The van der Waals surface area contributed by atoms with Crippen LogP contribution in [0.15, 0.2) is 24.3 Å². The minimum atomic E-state index is -0.513. The molecule has 0 aliphatic heterocycles. The fourth-order valence-corrected chi connectivity index (χ4v) is 2.26. The number of benzene rings is 1. The van der Waals surface area contributed by atoms with E-state index < -0.39 is 6.04 Å². The quantitative estimate of drug-likeness (QED) is 0.795. The Balaban J connectivity index is 2.90. The topological polar surface area (TPSA) is 58.6 Å². The molecule has 1 N–H and O–H groups in total. The van der Waals surface area contributed by atoms with E-state index in [9.17, 15) is 9.59 Å². The number of carbonyl (C=O) groups is 2. The molecule has 5 nitrogen and oxygen atoms in total. The number of nitrogens with zero attached hydrogens (tertiary/aromatic N) is 1. The summed E-state index contributed by atoms with van der Waals surface area (Å²) >= 11 is 0. The van der Waals surface area contributed by atoms with Gasteiger partial charge in [0.1, 0.15) is 11.8 Å². The number of rotatable bonds is 8. The zero-order valence-electron chi connectivity index (χ0n) is 15.6. The molecule has 5 heteroatoms. The zero-order valence-corrected chi connectivity index (χ0v) is 15.6. The molecule has 0 saturated carbocycles. The number of hydrogen-bond donors (Lipinski definition) is 1. The number of nitrogens with one attached hydrogen (secondary N) is 1. The highest BCUT2D eigenvalue weighted by atomic mass is 16.5. The van der Waals surface area contributed by atoms with Crippen LogP contribution in [-0.4, -0.2) is 36.4 Å². The predicted molar refractivity (Wildman–Crippen MR) is 95.7 cm³/mol. The molecule has 1 aromatic carbocycles. The normalized spacial score (nSPS) is 12.2. The molecule has 0 bridgehead atoms. The van der Waals surface area contributed by atoms with Crippen molar-refractivity contribution in [3.8, 4) is 5.75 Å². The van der Waals surface area contributed by atoms with E-state index in [1.165, 1.54) is 0 Å². The molecule has 1 rings (SSSR count). The molecule has 0 saturated heterocycles. The van der Waals surface area contributed by atoms with Crippen molar-refractivity contribution < 1.29 is 14.3 Å². The van der Waals surface area contributed by atoms with Crippen LogP contribution in [0, 0.1) is 11.8 Å². The van der Waals surface area contributed by atoms with Gasteiger partial charge in [-0.1, -0.05) is 39.8 Å². The van der Waals surface area contributed by atoms with E-state index in [4.69, 9.17) is 4.74 Å². The first kappa shape index (κ1) is 20.0. The number of hydrogen-bond acceptors (Lipinski definition) is 3. The second kappa shape index (κ2) is 9.30. The number of amides is 2. The average molecular weight is 334 g/mol. The maximum atomic E-state index is 12.6. The smallest absolute Gasteiger partial charge is 0.242 e. The lowest BCUT2D eigenvalue weighted by Crippen LogP contribution is -2.49. The average Bonchev–Trinajstić information content (AvgIpc) is 2.56. The summed E-state index contributed by atoms with van der Waals surface area (Å²) in [6.45, 7) is 10.6. The van der Waals surface area contributed by atoms with Gasteiger partial charge in [0.25, 0.3) is 0 Å². The molecule has 1 atom stereocenters. The third-order valence-electron chi connectivity index (χ3n) is 3.82. The monoisotopic (exact) mass is 334 g/mol. The van der Waals surface area contributed by atoms with E-state index in [2.05, 4.69) is 5.32 Å². The van der Waals surface area contributed by atoms with Crippen LogP contribution >= 0.6 is 0 Å². The van der Waals surface area contributed by atoms with Crippen LogP contribution in [0.3, 0.4) is 0 Å². The third kappa shape index (κ3) is 5.87. The number of ether oxygens (including phenoxy) is 1. The lowest BCUT2D eigenvalue weighted by Gasteiger charge is -2.30. The van der Waals surface area contributed by atoms with Gasteiger partial charge in [-0.05, 0) is 30.5 Å². The van der Waals surface area contributed by atoms with Gasteiger partial charge in [0, 0.05) is 19.0 Å². The second-order valence-corrected chi connectivity index (χ2v) is 6.78. The maximum absolute atomic E-state index is 12.6. The largest absolute Gasteiger partial charge is 0.497 e. The van der Waals surface area contributed by atoms with Gasteiger partial charge in [-0.2, -0.15) is 0 Å². The van der Waals surface area contributed by atoms with E-state index >= 15 is 0 Å². The Morgan fingerprint density at radius 1 is 1.08 bits per heavy atom. The van der Waals surface area contributed by atoms with Crippen molar-refractivity contribution in [2.75, 3.05) is 13.7 Å². The molecule has 0 aliphatic rings. The molecular formula is C19H30N2O3. The first-order chi connectivity index (χ1) is 11.3. The second-order valence-electron chi connectivity index (χ2n) is 6.78. The lowest BCUT2D eigenvalue weighted by molar-refractivity contribution is -0.143. The van der Waals surface area contributed by atoms with Gasteiger partial charge in [-0.15, -0.1) is 0 Å². The minimum absolute atomic E-state index is 0.0296. The van der Waals surface area contributed by atoms with Crippen molar-refractivity contribution in [1.82, 2.24) is 10.2 Å². The minimum Gasteiger partial charge on any atom is -0.497 e. The van der Waals surface area contributed by atoms with Crippen LogP contribution in [0.1, 0.15) is 40.2 Å². The third-order valence-corrected chi connectivity index (χ3v) is 3.82. The molecule has 2 amide bonds. The Morgan fingerprint density at radius 3 is 2.12 bits per heavy atom. The molecule has 0 aromatic heterocycles. The SMILES string of the molecule is COc1ccc(CN(C(=O)C(C)C)[C@@H](C)C(=O)NCC(C)C)cc1. The molecule has 0 aliphatic carbocycles. The van der Waals surface area contributed by atoms with Gasteiger partial charge < -0.3 is 15.0 Å². The highest BCUT2D eigenvalue weighted by Crippen LogP contribution is 2.16. The molecule has 0 radical (unpaired) electrons. The van der Waals surface area contributed by atoms with Gasteiger partial charge in [0.05, 0.1) is 7.11 Å². The molecule has 0 unspecified atom stereocenters. The van der Waals surface area contributed by atoms with Crippen molar-refractivity contribution >= 4 is 11.8 Å². The van der Waals surface area contributed by atoms with Crippen LogP contribution in [0.25, 0.3) is 0 Å². The van der Waals surface area contributed by atoms with Crippen LogP contribution < -0.4 is 10.1 Å². The summed E-state index contributed by atoms with van der Waals surface area (Å²) in [5, 5.41) is 2.91. The fraction of sp³-hybridized carbons (Fsp3) is 0.579. The van der Waals surface area contributed by atoms with Crippen LogP contribution in [0.5, 0.6) is 5.75 Å². The molecule has 1 aromatic rings. The first-order valence-corrected chi connectivity index (χ1v) is 8.47. The fourth-order valence-electron chi connectivity index (χ4n) is 2.26. The Hall–Kier alpha value is -2.04. The molecular weight excluding hydrogens is 304 g/mol. The van der Waals surface area contributed by atoms with Gasteiger partial charge in [0.15, 0.2) is 0 Å². The van der Waals surface area contributed by atoms with Gasteiger partial charge in [-0.3, -0.25) is 9.59 Å². The van der Waals surface area contributed by atoms with Gasteiger partial charge >= 0.3 is 0 Å². The highest BCUT2D eigenvalue weighted by molar-refractivity contribution is 5.88. The van der Waals surface area contributed by atoms with E-state index in [1.54, 1.807) is 18.9 Å². The first-order valence-electron chi connectivity index (χ1n) is 8.47. The molecule has 0 heterocycles. The van der Waals surface area contributed by atoms with Crippen LogP contribution in [-0.2, 0) is 16.1 Å². The Bertz CT molecular complexity index is 538. The van der Waals surface area contributed by atoms with Crippen molar-refractivity contribution in [2.24, 2.45) is 11.8 Å². The summed E-state index contributed by atoms with van der Waals surface area (Å²) in [5.74, 6) is 0.827. The van der Waals surface area contributed by atoms with E-state index in [-0.39, 0.29) is 17.7 Å². The predicted octanol–water partition coefficient (Wildman–Crippen LogP) is 2.84.